The van der Waals surface area contributed by atoms with Crippen molar-refractivity contribution in [1.82, 2.24) is 5.32 Å². The Balaban J connectivity index is 1.15. The van der Waals surface area contributed by atoms with Crippen molar-refractivity contribution in [1.29, 1.82) is 0 Å². The summed E-state index contributed by atoms with van der Waals surface area (Å²) in [6.45, 7) is 7.16. The van der Waals surface area contributed by atoms with Crippen molar-refractivity contribution in [3.8, 4) is 5.75 Å². The number of benzene rings is 1. The Labute approximate surface area is 214 Å². The predicted octanol–water partition coefficient (Wildman–Crippen LogP) is 4.91. The Hall–Kier alpha value is -2.60. The Kier molecular flexibility index (Phi) is 6.52. The molecule has 0 spiro atoms. The third kappa shape index (κ3) is 4.38. The number of aliphatic hydroxyl groups is 1. The van der Waals surface area contributed by atoms with E-state index in [2.05, 4.69) is 43.4 Å². The molecule has 0 saturated heterocycles. The molecule has 6 heteroatoms. The number of allylic oxidation sites excluding steroid dienone is 4. The van der Waals surface area contributed by atoms with Gasteiger partial charge in [0, 0.05) is 12.0 Å². The zero-order chi connectivity index (χ0) is 25.6. The normalized spacial score (nSPS) is 38.1. The molecular formula is C30H40N2O4. The quantitative estimate of drug-likeness (QED) is 0.492. The first-order valence-electron chi connectivity index (χ1n) is 13.5. The molecule has 6 nitrogen and oxygen atoms in total. The molecule has 1 aromatic carbocycles. The van der Waals surface area contributed by atoms with E-state index in [1.165, 1.54) is 12.0 Å². The molecule has 3 N–H and O–H groups in total. The first kappa shape index (κ1) is 25.1. The summed E-state index contributed by atoms with van der Waals surface area (Å²) in [4.78, 5) is 17.5. The van der Waals surface area contributed by atoms with Crippen LogP contribution in [0, 0.1) is 28.6 Å². The third-order valence-electron chi connectivity index (χ3n) is 10.2. The van der Waals surface area contributed by atoms with Gasteiger partial charge in [-0.25, -0.2) is 0 Å². The molecule has 36 heavy (non-hydrogen) atoms. The van der Waals surface area contributed by atoms with E-state index < -0.39 is 5.60 Å². The van der Waals surface area contributed by atoms with Crippen LogP contribution in [0.1, 0.15) is 64.9 Å². The van der Waals surface area contributed by atoms with Gasteiger partial charge in [0.15, 0.2) is 6.61 Å². The first-order chi connectivity index (χ1) is 17.1. The van der Waals surface area contributed by atoms with Crippen molar-refractivity contribution in [2.75, 3.05) is 13.2 Å². The molecule has 1 aromatic rings. The maximum atomic E-state index is 12.1. The minimum absolute atomic E-state index is 0.0311. The number of aromatic hydroxyl groups is 1. The summed E-state index contributed by atoms with van der Waals surface area (Å²) >= 11 is 0. The van der Waals surface area contributed by atoms with Gasteiger partial charge in [-0.3, -0.25) is 4.79 Å². The highest BCUT2D eigenvalue weighted by atomic mass is 16.6. The molecule has 4 aliphatic rings. The molecule has 194 valence electrons. The minimum Gasteiger partial charge on any atom is -0.508 e. The van der Waals surface area contributed by atoms with Gasteiger partial charge in [0.1, 0.15) is 11.5 Å². The lowest BCUT2D eigenvalue weighted by Gasteiger charge is -2.58. The number of rotatable bonds is 6. The van der Waals surface area contributed by atoms with E-state index in [0.29, 0.717) is 30.7 Å². The van der Waals surface area contributed by atoms with Crippen LogP contribution in [0.5, 0.6) is 5.75 Å². The molecule has 1 amide bonds. The van der Waals surface area contributed by atoms with Crippen LogP contribution >= 0.6 is 0 Å². The third-order valence-corrected chi connectivity index (χ3v) is 10.2. The van der Waals surface area contributed by atoms with Crippen LogP contribution in [0.2, 0.25) is 0 Å². The molecule has 0 aliphatic heterocycles. The van der Waals surface area contributed by atoms with Gasteiger partial charge in [0.2, 0.25) is 0 Å². The second-order valence-electron chi connectivity index (χ2n) is 12.0. The molecule has 6 atom stereocenters. The molecular weight excluding hydrogens is 452 g/mol. The number of hydrogen-bond acceptors (Lipinski definition) is 5. The van der Waals surface area contributed by atoms with E-state index in [1.54, 1.807) is 12.1 Å². The average molecular weight is 493 g/mol. The second kappa shape index (κ2) is 9.37. The van der Waals surface area contributed by atoms with E-state index in [9.17, 15) is 15.0 Å². The predicted molar refractivity (Wildman–Crippen MR) is 140 cm³/mol. The van der Waals surface area contributed by atoms with Crippen LogP contribution in [0.15, 0.2) is 53.2 Å². The number of amides is 1. The molecule has 3 fully saturated rings. The highest BCUT2D eigenvalue weighted by molar-refractivity contribution is 6.05. The zero-order valence-corrected chi connectivity index (χ0v) is 21.8. The minimum atomic E-state index is -0.545. The lowest BCUT2D eigenvalue weighted by atomic mass is 9.47. The molecule has 0 radical (unpaired) electrons. The summed E-state index contributed by atoms with van der Waals surface area (Å²) in [5.74, 6) is 1.89. The smallest absolute Gasteiger partial charge is 0.260 e. The number of phenolic OH excluding ortho intramolecular Hbond substituents is 1. The van der Waals surface area contributed by atoms with Gasteiger partial charge < -0.3 is 20.4 Å². The van der Waals surface area contributed by atoms with Gasteiger partial charge in [0.05, 0.1) is 5.60 Å². The molecule has 0 heterocycles. The fourth-order valence-corrected chi connectivity index (χ4v) is 7.73. The summed E-state index contributed by atoms with van der Waals surface area (Å²) in [7, 11) is 0. The molecule has 5 rings (SSSR count). The number of fused-ring (bicyclic) bond motifs is 5. The van der Waals surface area contributed by atoms with Crippen LogP contribution in [0.25, 0.3) is 0 Å². The fourth-order valence-electron chi connectivity index (χ4n) is 7.73. The molecule has 4 aliphatic carbocycles. The van der Waals surface area contributed by atoms with Crippen LogP contribution in [-0.2, 0) is 16.1 Å². The van der Waals surface area contributed by atoms with Gasteiger partial charge in [-0.1, -0.05) is 42.8 Å². The van der Waals surface area contributed by atoms with Crippen molar-refractivity contribution in [3.05, 3.63) is 53.6 Å². The van der Waals surface area contributed by atoms with Crippen molar-refractivity contribution in [2.24, 2.45) is 33.7 Å². The van der Waals surface area contributed by atoms with E-state index in [1.807, 2.05) is 18.2 Å². The summed E-state index contributed by atoms with van der Waals surface area (Å²) in [5.41, 5.74) is 2.75. The lowest BCUT2D eigenvalue weighted by molar-refractivity contribution is -0.125. The summed E-state index contributed by atoms with van der Waals surface area (Å²) in [6, 6.07) is 6.98. The second-order valence-corrected chi connectivity index (χ2v) is 12.0. The van der Waals surface area contributed by atoms with E-state index >= 15 is 0 Å². The first-order valence-corrected chi connectivity index (χ1v) is 13.5. The number of phenols is 1. The topological polar surface area (TPSA) is 91.2 Å². The highest BCUT2D eigenvalue weighted by Crippen LogP contribution is 2.66. The largest absolute Gasteiger partial charge is 0.508 e. The maximum absolute atomic E-state index is 12.1. The van der Waals surface area contributed by atoms with Crippen molar-refractivity contribution in [2.45, 2.75) is 71.3 Å². The number of nitrogens with zero attached hydrogens (tertiary/aromatic N) is 1. The Morgan fingerprint density at radius 3 is 2.64 bits per heavy atom. The molecule has 0 bridgehead atoms. The number of hydrogen-bond donors (Lipinski definition) is 3. The van der Waals surface area contributed by atoms with Gasteiger partial charge in [-0.15, -0.1) is 0 Å². The maximum Gasteiger partial charge on any atom is 0.260 e. The number of nitrogens with one attached hydrogen (secondary N) is 1. The number of carbonyl (C=O) groups excluding carboxylic acids is 1. The van der Waals surface area contributed by atoms with Crippen LogP contribution in [0.3, 0.4) is 0 Å². The molecule has 0 aromatic heterocycles. The van der Waals surface area contributed by atoms with Gasteiger partial charge in [0.25, 0.3) is 5.91 Å². The molecule has 3 saturated carbocycles. The lowest BCUT2D eigenvalue weighted by Crippen LogP contribution is -2.53. The standard InChI is InChI=1S/C30H40N2O4/c1-28-14-10-22(32-36-19-27(34)31-17-13-20-4-7-23(33)8-5-20)18-21(28)6-9-24-25(28)11-15-29(2)26(24)12-16-30(29,3)35/h4-5,7-8,10,14,18,24-26,33,35H,6,9,11-13,15-17,19H2,1-3H3,(H,31,34)/b32-22+/t24?,25?,26?,28-,29-,30-/m0/s1. The summed E-state index contributed by atoms with van der Waals surface area (Å²) < 4.78 is 0. The van der Waals surface area contributed by atoms with Gasteiger partial charge in [-0.05, 0) is 105 Å². The number of oxime groups is 1. The van der Waals surface area contributed by atoms with E-state index in [-0.39, 0.29) is 29.1 Å². The van der Waals surface area contributed by atoms with E-state index in [0.717, 1.165) is 43.4 Å². The Bertz CT molecular complexity index is 1090. The van der Waals surface area contributed by atoms with Gasteiger partial charge >= 0.3 is 0 Å². The van der Waals surface area contributed by atoms with Crippen LogP contribution in [0.4, 0.5) is 0 Å². The summed E-state index contributed by atoms with van der Waals surface area (Å²) in [5, 5.41) is 27.5. The average Bonchev–Trinajstić information content (AvgIpc) is 3.09. The SMILES string of the molecule is C[C@]12C=C/C(=N\OCC(=O)NCCc3ccc(O)cc3)C=C1CCC1C2CC[C@@]2(C)C1CC[C@]2(C)O. The van der Waals surface area contributed by atoms with Crippen molar-refractivity contribution >= 4 is 11.6 Å². The fraction of sp³-hybridized carbons (Fsp3) is 0.600. The van der Waals surface area contributed by atoms with E-state index in [4.69, 9.17) is 4.84 Å². The Morgan fingerprint density at radius 2 is 1.86 bits per heavy atom. The van der Waals surface area contributed by atoms with Crippen LogP contribution in [-0.4, -0.2) is 40.6 Å². The van der Waals surface area contributed by atoms with Gasteiger partial charge in [-0.2, -0.15) is 0 Å². The van der Waals surface area contributed by atoms with Crippen molar-refractivity contribution in [3.63, 3.8) is 0 Å². The zero-order valence-electron chi connectivity index (χ0n) is 21.8. The van der Waals surface area contributed by atoms with Crippen molar-refractivity contribution < 1.29 is 19.8 Å². The number of carbonyl (C=O) groups is 1. The highest BCUT2D eigenvalue weighted by Gasteiger charge is 2.61. The molecule has 3 unspecified atom stereocenters. The van der Waals surface area contributed by atoms with Crippen LogP contribution < -0.4 is 5.32 Å². The summed E-state index contributed by atoms with van der Waals surface area (Å²) in [6.07, 6.45) is 13.7. The monoisotopic (exact) mass is 492 g/mol. The Morgan fingerprint density at radius 1 is 1.11 bits per heavy atom.